The van der Waals surface area contributed by atoms with Gasteiger partial charge >= 0.3 is 16.4 Å². The second kappa shape index (κ2) is 15.8. The van der Waals surface area contributed by atoms with Gasteiger partial charge in [-0.05, 0) is 78.3 Å². The Hall–Kier alpha value is -5.72. The zero-order valence-corrected chi connectivity index (χ0v) is 31.2. The van der Waals surface area contributed by atoms with Crippen molar-refractivity contribution in [3.05, 3.63) is 77.7 Å². The van der Waals surface area contributed by atoms with Gasteiger partial charge in [0.1, 0.15) is 10.6 Å². The van der Waals surface area contributed by atoms with Gasteiger partial charge in [-0.2, -0.15) is 50.0 Å². The molecule has 0 saturated carbocycles. The van der Waals surface area contributed by atoms with Gasteiger partial charge in [0.25, 0.3) is 20.2 Å². The van der Waals surface area contributed by atoms with Crippen LogP contribution in [0.3, 0.4) is 0 Å². The molecule has 2 heterocycles. The standard InChI is InChI=1S/C27H22ClN9O15S4/c28-25-31-26(29-14-1-6-17(7-2-14)53(41,42)12-11-52-56(49,50)51)33-27(32-25)30-15-3-10-20(55(46,47)48)19(13-15)34-35-21-22(24(39)40)36-37(23(21)38)16-4-8-18(9-5-16)54(43,44)45/h1-10,13,38H,11-12H2,(H,39,40)(H,43,44,45)(H,46,47,48)(H,49,50,51)(H2,29,30,31,32,33). The fourth-order valence-corrected chi connectivity index (χ4v) is 7.14. The average Bonchev–Trinajstić information content (AvgIpc) is 3.42. The van der Waals surface area contributed by atoms with Crippen LogP contribution in [0.25, 0.3) is 5.69 Å². The highest BCUT2D eigenvalue weighted by Crippen LogP contribution is 2.36. The number of halogens is 1. The number of rotatable bonds is 15. The topological polar surface area (TPSA) is 369 Å². The second-order valence-corrected chi connectivity index (χ2v) is 17.0. The van der Waals surface area contributed by atoms with E-state index in [4.69, 9.17) is 16.2 Å². The number of carboxylic acid groups (broad SMARTS) is 1. The number of nitrogens with zero attached hydrogens (tertiary/aromatic N) is 7. The number of hydrogen-bond acceptors (Lipinski definition) is 19. The minimum atomic E-state index is -4.99. The van der Waals surface area contributed by atoms with E-state index < -0.39 is 91.5 Å². The van der Waals surface area contributed by atoms with Crippen molar-refractivity contribution in [2.75, 3.05) is 23.0 Å². The summed E-state index contributed by atoms with van der Waals surface area (Å²) < 4.78 is 126. The molecule has 5 rings (SSSR count). The average molecular weight is 876 g/mol. The number of aromatic hydroxyl groups is 1. The van der Waals surface area contributed by atoms with Crippen molar-refractivity contribution in [1.82, 2.24) is 24.7 Å². The molecule has 0 aliphatic carbocycles. The van der Waals surface area contributed by atoms with E-state index in [1.807, 2.05) is 0 Å². The lowest BCUT2D eigenvalue weighted by Crippen LogP contribution is -2.15. The Kier molecular flexibility index (Phi) is 11.7. The molecule has 0 aliphatic heterocycles. The molecule has 56 heavy (non-hydrogen) atoms. The molecule has 5 aromatic rings. The van der Waals surface area contributed by atoms with Crippen molar-refractivity contribution < 1.29 is 66.5 Å². The Morgan fingerprint density at radius 2 is 1.34 bits per heavy atom. The highest BCUT2D eigenvalue weighted by Gasteiger charge is 2.25. The smallest absolute Gasteiger partial charge is 0.397 e. The molecule has 7 N–H and O–H groups in total. The monoisotopic (exact) mass is 875 g/mol. The zero-order chi connectivity index (χ0) is 41.2. The van der Waals surface area contributed by atoms with E-state index in [0.29, 0.717) is 4.68 Å². The fraction of sp³-hybridized carbons (Fsp3) is 0.0741. The van der Waals surface area contributed by atoms with Crippen molar-refractivity contribution in [2.45, 2.75) is 14.7 Å². The minimum absolute atomic E-state index is 0.00981. The number of carboxylic acids is 1. The van der Waals surface area contributed by atoms with E-state index >= 15 is 0 Å². The Morgan fingerprint density at radius 1 is 0.768 bits per heavy atom. The van der Waals surface area contributed by atoms with Crippen LogP contribution in [0.2, 0.25) is 5.28 Å². The zero-order valence-electron chi connectivity index (χ0n) is 27.2. The van der Waals surface area contributed by atoms with Gasteiger partial charge in [-0.3, -0.25) is 13.7 Å². The molecule has 3 aromatic carbocycles. The SMILES string of the molecule is O=C(O)c1nn(-c2ccc(S(=O)(=O)O)cc2)c(O)c1N=Nc1cc(Nc2nc(Cl)nc(Nc3ccc(S(=O)(=O)CCOS(=O)(=O)O)cc3)n2)ccc1S(=O)(=O)O. The Bertz CT molecular complexity index is 2820. The lowest BCUT2D eigenvalue weighted by atomic mass is 10.3. The molecule has 0 unspecified atom stereocenters. The third-order valence-electron chi connectivity index (χ3n) is 6.83. The maximum Gasteiger partial charge on any atom is 0.397 e. The molecule has 0 spiro atoms. The third-order valence-corrected chi connectivity index (χ3v) is 10.9. The van der Waals surface area contributed by atoms with E-state index in [2.05, 4.69) is 45.1 Å². The van der Waals surface area contributed by atoms with Crippen LogP contribution in [-0.2, 0) is 44.7 Å². The van der Waals surface area contributed by atoms with Crippen LogP contribution in [0.4, 0.5) is 34.6 Å². The number of aromatic nitrogens is 5. The Labute approximate surface area is 319 Å². The Balaban J connectivity index is 1.40. The summed E-state index contributed by atoms with van der Waals surface area (Å²) in [4.78, 5) is 22.4. The van der Waals surface area contributed by atoms with Gasteiger partial charge in [-0.1, -0.05) is 0 Å². The number of nitrogens with one attached hydrogen (secondary N) is 2. The van der Waals surface area contributed by atoms with E-state index in [0.717, 1.165) is 42.5 Å². The van der Waals surface area contributed by atoms with Crippen LogP contribution in [0, 0.1) is 0 Å². The minimum Gasteiger partial charge on any atom is -0.492 e. The quantitative estimate of drug-likeness (QED) is 0.0586. The summed E-state index contributed by atoms with van der Waals surface area (Å²) in [7, 11) is -18.4. The summed E-state index contributed by atoms with van der Waals surface area (Å²) in [5.74, 6) is -3.84. The number of anilines is 4. The first-order valence-electron chi connectivity index (χ1n) is 14.6. The van der Waals surface area contributed by atoms with Gasteiger partial charge in [0.15, 0.2) is 15.5 Å². The summed E-state index contributed by atoms with van der Waals surface area (Å²) in [6.45, 7) is -0.828. The largest absolute Gasteiger partial charge is 0.492 e. The predicted molar refractivity (Wildman–Crippen MR) is 190 cm³/mol. The fourth-order valence-electron chi connectivity index (χ4n) is 4.40. The maximum atomic E-state index is 12.5. The van der Waals surface area contributed by atoms with Crippen molar-refractivity contribution in [3.63, 3.8) is 0 Å². The van der Waals surface area contributed by atoms with E-state index in [-0.39, 0.29) is 39.1 Å². The number of azo groups is 1. The molecule has 24 nitrogen and oxygen atoms in total. The van der Waals surface area contributed by atoms with E-state index in [1.54, 1.807) is 0 Å². The van der Waals surface area contributed by atoms with Gasteiger partial charge in [-0.15, -0.1) is 10.2 Å². The first-order valence-corrected chi connectivity index (χ1v) is 20.8. The predicted octanol–water partition coefficient (Wildman–Crippen LogP) is 3.10. The molecule has 0 saturated heterocycles. The first kappa shape index (κ1) is 41.4. The lowest BCUT2D eigenvalue weighted by molar-refractivity contribution is 0.0690. The highest BCUT2D eigenvalue weighted by atomic mass is 35.5. The molecule has 2 aromatic heterocycles. The molecule has 0 radical (unpaired) electrons. The molecular weight excluding hydrogens is 854 g/mol. The number of aromatic carboxylic acids is 1. The summed E-state index contributed by atoms with van der Waals surface area (Å²) in [6, 6.07) is 12.0. The van der Waals surface area contributed by atoms with Gasteiger partial charge in [0.2, 0.25) is 28.8 Å². The van der Waals surface area contributed by atoms with Crippen LogP contribution in [-0.4, -0.2) is 101 Å². The molecular formula is C27H22ClN9O15S4. The molecule has 0 aliphatic rings. The van der Waals surface area contributed by atoms with Crippen molar-refractivity contribution in [2.24, 2.45) is 10.2 Å². The third kappa shape index (κ3) is 10.3. The van der Waals surface area contributed by atoms with Crippen molar-refractivity contribution in [3.8, 4) is 11.6 Å². The molecule has 0 fully saturated rings. The molecule has 0 bridgehead atoms. The maximum absolute atomic E-state index is 12.5. The highest BCUT2D eigenvalue weighted by molar-refractivity contribution is 7.91. The number of benzene rings is 3. The van der Waals surface area contributed by atoms with Crippen LogP contribution in [0.1, 0.15) is 10.5 Å². The molecule has 296 valence electrons. The summed E-state index contributed by atoms with van der Waals surface area (Å²) in [5, 5.41) is 36.7. The molecule has 29 heteroatoms. The van der Waals surface area contributed by atoms with Gasteiger partial charge in [0, 0.05) is 11.4 Å². The number of sulfone groups is 1. The van der Waals surface area contributed by atoms with Crippen LogP contribution < -0.4 is 10.6 Å². The normalized spacial score (nSPS) is 12.5. The molecule has 0 amide bonds. The van der Waals surface area contributed by atoms with Crippen molar-refractivity contribution >= 4 is 92.7 Å². The van der Waals surface area contributed by atoms with E-state index in [9.17, 15) is 57.8 Å². The number of carbonyl (C=O) groups is 1. The van der Waals surface area contributed by atoms with E-state index in [1.165, 1.54) is 24.3 Å². The van der Waals surface area contributed by atoms with Gasteiger partial charge < -0.3 is 20.8 Å². The van der Waals surface area contributed by atoms with Gasteiger partial charge in [-0.25, -0.2) is 17.4 Å². The van der Waals surface area contributed by atoms with Gasteiger partial charge in [0.05, 0.1) is 27.8 Å². The summed E-state index contributed by atoms with van der Waals surface area (Å²) in [6.07, 6.45) is 0. The first-order chi connectivity index (χ1) is 26.0. The molecule has 0 atom stereocenters. The second-order valence-electron chi connectivity index (χ2n) is 10.7. The number of hydrogen-bond donors (Lipinski definition) is 7. The van der Waals surface area contributed by atoms with Crippen LogP contribution in [0.5, 0.6) is 5.88 Å². The lowest BCUT2D eigenvalue weighted by Gasteiger charge is -2.10. The Morgan fingerprint density at radius 3 is 1.89 bits per heavy atom. The summed E-state index contributed by atoms with van der Waals surface area (Å²) >= 11 is 6.05. The summed E-state index contributed by atoms with van der Waals surface area (Å²) in [5.41, 5.74) is -2.11. The van der Waals surface area contributed by atoms with Crippen molar-refractivity contribution in [1.29, 1.82) is 0 Å². The van der Waals surface area contributed by atoms with Crippen LogP contribution >= 0.6 is 11.6 Å². The van der Waals surface area contributed by atoms with Crippen LogP contribution in [0.15, 0.2) is 91.6 Å².